The van der Waals surface area contributed by atoms with Gasteiger partial charge in [0.2, 0.25) is 0 Å². The number of aliphatic carboxylic acids is 1. The van der Waals surface area contributed by atoms with Gasteiger partial charge in [0.25, 0.3) is 0 Å². The third-order valence-electron chi connectivity index (χ3n) is 24.4. The van der Waals surface area contributed by atoms with Gasteiger partial charge in [-0.1, -0.05) is 179 Å². The molecule has 15 nitrogen and oxygen atoms in total. The van der Waals surface area contributed by atoms with E-state index in [9.17, 15) is 33.9 Å². The molecule has 18 heteroatoms. The Labute approximate surface area is 698 Å². The highest BCUT2D eigenvalue weighted by Crippen LogP contribution is 2.49. The predicted molar refractivity (Wildman–Crippen MR) is 469 cm³/mol. The van der Waals surface area contributed by atoms with E-state index in [1.807, 2.05) is 109 Å². The number of fused-ring (bicyclic) bond motifs is 7. The molecule has 116 heavy (non-hydrogen) atoms. The molecule has 616 valence electrons. The predicted octanol–water partition coefficient (Wildman–Crippen LogP) is 23.9. The van der Waals surface area contributed by atoms with Crippen LogP contribution in [-0.2, 0) is 55.3 Å². The molecule has 7 aliphatic rings. The summed E-state index contributed by atoms with van der Waals surface area (Å²) in [5, 5.41) is 19.3. The van der Waals surface area contributed by atoms with Gasteiger partial charge in [0.1, 0.15) is 35.2 Å². The molecule has 2 heterocycles. The maximum atomic E-state index is 12.5. The first kappa shape index (κ1) is 89.5. The van der Waals surface area contributed by atoms with Crippen molar-refractivity contribution in [2.75, 3.05) is 20.3 Å². The maximum Gasteiger partial charge on any atom is 0.306 e. The summed E-state index contributed by atoms with van der Waals surface area (Å²) >= 11 is 3.65. The summed E-state index contributed by atoms with van der Waals surface area (Å²) in [5.41, 5.74) is 16.8. The number of hydrogen-bond donors (Lipinski definition) is 2. The van der Waals surface area contributed by atoms with Crippen LogP contribution in [0.2, 0.25) is 36.3 Å². The number of ketones is 4. The molecule has 7 aromatic rings. The van der Waals surface area contributed by atoms with E-state index < -0.39 is 22.6 Å². The number of hydrogen-bond acceptors (Lipinski definition) is 14. The summed E-state index contributed by atoms with van der Waals surface area (Å²) in [4.78, 5) is 72.0. The third kappa shape index (κ3) is 21.9. The Hall–Kier alpha value is -8.89. The quantitative estimate of drug-likeness (QED) is 0.0202. The number of halogens is 1. The van der Waals surface area contributed by atoms with Gasteiger partial charge in [-0.3, -0.25) is 28.8 Å². The fraction of sp³-hybridized carbons (Fsp3) is 0.429. The molecule has 0 saturated carbocycles. The lowest BCUT2D eigenvalue weighted by atomic mass is 9.97. The molecule has 5 aliphatic carbocycles. The monoisotopic (exact) mass is 1670 g/mol. The molecule has 0 bridgehead atoms. The van der Waals surface area contributed by atoms with E-state index in [1.54, 1.807) is 18.2 Å². The number of methoxy groups -OCH3 is 1. The van der Waals surface area contributed by atoms with Crippen LogP contribution in [0.4, 0.5) is 0 Å². The van der Waals surface area contributed by atoms with Crippen molar-refractivity contribution in [3.05, 3.63) is 272 Å². The summed E-state index contributed by atoms with van der Waals surface area (Å²) in [7, 11) is -2.08. The first-order chi connectivity index (χ1) is 55.3. The van der Waals surface area contributed by atoms with Crippen LogP contribution in [0.15, 0.2) is 182 Å². The Morgan fingerprint density at radius 1 is 0.448 bits per heavy atom. The van der Waals surface area contributed by atoms with Crippen LogP contribution >= 0.6 is 15.9 Å². The number of carboxylic acids is 1. The molecule has 0 unspecified atom stereocenters. The molecule has 0 aromatic heterocycles. The second-order valence-corrected chi connectivity index (χ2v) is 44.6. The number of rotatable bonds is 28. The van der Waals surface area contributed by atoms with E-state index in [4.69, 9.17) is 37.6 Å². The summed E-state index contributed by atoms with van der Waals surface area (Å²) in [5.74, 6) is 2.41. The molecule has 14 rings (SSSR count). The van der Waals surface area contributed by atoms with Crippen molar-refractivity contribution in [3.8, 4) is 23.0 Å². The van der Waals surface area contributed by atoms with Crippen molar-refractivity contribution >= 4 is 67.6 Å². The molecule has 2 N–H and O–H groups in total. The van der Waals surface area contributed by atoms with E-state index in [0.717, 1.165) is 149 Å². The average Bonchev–Trinajstić information content (AvgIpc) is 1.63. The number of carbonyl (C=O) groups is 6. The highest BCUT2D eigenvalue weighted by molar-refractivity contribution is 9.10. The standard InChI is InChI=1S/C25H26O5.C24H24O5.C20H30O2Si.C15H23BrOSi.C14H16O2/c1-3-4-8-22(26)20-6-5-7-21-19(20)11-12-23(21)30-17-9-10-18-16(13-25(27)28-2)15-29-24(18)14-17;1-2-3-7-21(25)19-5-4-6-20-18(19)10-11-22(20)29-16-8-9-17-15(12-24(26)27)14-28-23(17)13-16;1-7-8-12-18(21)16-10-9-11-17-15(16)13-14-19(17)22-23(5,6)20(2,3)4;1-15(2,3)18(4,5)17-14-10-9-11-12(14)7-6-8-13(11)16;1-2-3-7-13(15)11-5-4-6-12-10(11)8-9-14(12)16/h3,5-7,9-10,14,16,23H,1,4,8,11-13,15H2,2H3;2,4-6,8-9,13,15,22H,1,3,7,10-12,14H2,(H,26,27);7,9-11,19H,1,8,12-14H2,2-6H3;6-8,14H,9-10H2,1-5H3;2,4-6,14,16H,1,3,7-9H2/t16-,23-;15-,22-;19-;2*14-/m11000/s1. The molecule has 0 radical (unpaired) electrons. The Morgan fingerprint density at radius 3 is 1.15 bits per heavy atom. The van der Waals surface area contributed by atoms with Gasteiger partial charge in [0, 0.05) is 87.5 Å². The molecule has 0 fully saturated rings. The van der Waals surface area contributed by atoms with Crippen molar-refractivity contribution in [2.45, 2.75) is 249 Å². The summed E-state index contributed by atoms with van der Waals surface area (Å²) in [6, 6.07) is 41.4. The van der Waals surface area contributed by atoms with Crippen molar-refractivity contribution in [1.82, 2.24) is 0 Å². The largest absolute Gasteiger partial charge is 0.492 e. The average molecular weight is 1670 g/mol. The minimum Gasteiger partial charge on any atom is -0.492 e. The molecule has 0 amide bonds. The number of carboxylic acid groups (broad SMARTS) is 1. The van der Waals surface area contributed by atoms with Crippen LogP contribution in [-0.4, -0.2) is 82.2 Å². The van der Waals surface area contributed by atoms with E-state index >= 15 is 0 Å². The van der Waals surface area contributed by atoms with Gasteiger partial charge in [-0.05, 0) is 200 Å². The molecule has 2 aliphatic heterocycles. The number of ether oxygens (including phenoxy) is 5. The topological polar surface area (TPSA) is 207 Å². The second kappa shape index (κ2) is 40.0. The molecule has 0 saturated heterocycles. The fourth-order valence-electron chi connectivity index (χ4n) is 15.9. The van der Waals surface area contributed by atoms with Crippen molar-refractivity contribution in [1.29, 1.82) is 0 Å². The highest BCUT2D eigenvalue weighted by atomic mass is 79.9. The first-order valence-electron chi connectivity index (χ1n) is 41.3. The van der Waals surface area contributed by atoms with E-state index in [2.05, 4.69) is 134 Å². The van der Waals surface area contributed by atoms with Gasteiger partial charge in [-0.25, -0.2) is 0 Å². The van der Waals surface area contributed by atoms with Crippen molar-refractivity contribution in [2.24, 2.45) is 0 Å². The van der Waals surface area contributed by atoms with Crippen LogP contribution in [0.25, 0.3) is 0 Å². The molecule has 0 spiro atoms. The van der Waals surface area contributed by atoms with E-state index in [-0.39, 0.29) is 81.9 Å². The number of allylic oxidation sites excluding steroid dienone is 4. The number of carbonyl (C=O) groups excluding carboxylic acids is 5. The summed E-state index contributed by atoms with van der Waals surface area (Å²) in [6.45, 7) is 38.5. The Bertz CT molecular complexity index is 4750. The van der Waals surface area contributed by atoms with Gasteiger partial charge >= 0.3 is 11.9 Å². The molecular weight excluding hydrogens is 1550 g/mol. The summed E-state index contributed by atoms with van der Waals surface area (Å²) < 4.78 is 43.2. The Morgan fingerprint density at radius 2 is 0.776 bits per heavy atom. The number of esters is 1. The van der Waals surface area contributed by atoms with Gasteiger partial charge in [0.15, 0.2) is 39.8 Å². The maximum absolute atomic E-state index is 12.5. The second-order valence-electron chi connectivity index (χ2n) is 34.3. The highest BCUT2D eigenvalue weighted by Gasteiger charge is 2.43. The lowest BCUT2D eigenvalue weighted by Gasteiger charge is -2.38. The lowest BCUT2D eigenvalue weighted by molar-refractivity contribution is -0.141. The van der Waals surface area contributed by atoms with Crippen LogP contribution in [0.3, 0.4) is 0 Å². The minimum absolute atomic E-state index is 0.0119. The first-order valence-corrected chi connectivity index (χ1v) is 47.9. The van der Waals surface area contributed by atoms with Crippen LogP contribution < -0.4 is 18.9 Å². The Balaban J connectivity index is 0.000000156. The zero-order valence-electron chi connectivity index (χ0n) is 69.9. The van der Waals surface area contributed by atoms with Gasteiger partial charge < -0.3 is 42.7 Å². The third-order valence-corrected chi connectivity index (χ3v) is 34.1. The zero-order chi connectivity index (χ0) is 83.8. The van der Waals surface area contributed by atoms with Crippen molar-refractivity contribution in [3.63, 3.8) is 0 Å². The minimum atomic E-state index is -1.80. The van der Waals surface area contributed by atoms with E-state index in [1.165, 1.54) is 33.8 Å². The molecular formula is C98H119BrO15Si2. The summed E-state index contributed by atoms with van der Waals surface area (Å²) in [6.07, 6.45) is 21.3. The van der Waals surface area contributed by atoms with Crippen LogP contribution in [0, 0.1) is 0 Å². The lowest BCUT2D eigenvalue weighted by Crippen LogP contribution is -2.41. The zero-order valence-corrected chi connectivity index (χ0v) is 73.5. The van der Waals surface area contributed by atoms with E-state index in [0.29, 0.717) is 82.2 Å². The smallest absolute Gasteiger partial charge is 0.306 e. The number of Topliss-reactive ketones (excluding diaryl/α,β-unsaturated/α-hetero) is 4. The van der Waals surface area contributed by atoms with Gasteiger partial charge in [0.05, 0.1) is 51.5 Å². The number of benzene rings is 7. The van der Waals surface area contributed by atoms with Crippen LogP contribution in [0.5, 0.6) is 23.0 Å². The number of aliphatic hydroxyl groups is 1. The Kier molecular flexibility index (Phi) is 30.9. The van der Waals surface area contributed by atoms with Gasteiger partial charge in [-0.15, -0.1) is 26.3 Å². The fourth-order valence-corrected chi connectivity index (χ4v) is 19.1. The normalized spacial score (nSPS) is 18.8. The molecule has 7 aromatic carbocycles. The van der Waals surface area contributed by atoms with Gasteiger partial charge in [-0.2, -0.15) is 0 Å². The SMILES string of the molecule is C=CCCC(=O)c1cccc2c1CC[C@@H]2O.C=CCCC(=O)c1cccc2c1CC[C@@H]2O[Si](C)(C)C(C)(C)C.C=CCCC(=O)c1cccc2c1CC[C@H]2Oc1ccc2c(c1)OC[C@H]2CC(=O)O.C=CCCC(=O)c1cccc2c1CC[C@H]2Oc1ccc2c(c1)OC[C@H]2CC(=O)OC.CC(C)(C)[Si](C)(C)O[C@H]1CCc2c(Br)cccc21. The van der Waals surface area contributed by atoms with Crippen molar-refractivity contribution < 1.29 is 71.5 Å². The van der Waals surface area contributed by atoms with Crippen LogP contribution in [0.1, 0.15) is 288 Å². The number of aliphatic hydroxyl groups excluding tert-OH is 1. The molecule has 7 atom stereocenters.